The molecule has 3 aromatic carbocycles. The van der Waals surface area contributed by atoms with Crippen molar-refractivity contribution < 1.29 is 4.74 Å². The molecule has 0 atom stereocenters. The zero-order valence-corrected chi connectivity index (χ0v) is 17.7. The van der Waals surface area contributed by atoms with E-state index in [1.54, 1.807) is 0 Å². The Balaban J connectivity index is 1.48. The molecule has 1 aromatic heterocycles. The van der Waals surface area contributed by atoms with E-state index in [0.29, 0.717) is 6.61 Å². The third kappa shape index (κ3) is 4.75. The lowest BCUT2D eigenvalue weighted by Crippen LogP contribution is -2.08. The minimum absolute atomic E-state index is 0.633. The molecule has 0 unspecified atom stereocenters. The summed E-state index contributed by atoms with van der Waals surface area (Å²) in [6.07, 6.45) is 1.65. The summed E-state index contributed by atoms with van der Waals surface area (Å²) in [5.41, 5.74) is 4.39. The molecule has 148 valence electrons. The Hall–Kier alpha value is -2.49. The zero-order chi connectivity index (χ0) is 20.2. The molecule has 4 aromatic rings. The third-order valence-electron chi connectivity index (χ3n) is 4.93. The first-order chi connectivity index (χ1) is 14.1. The fraction of sp³-hybridized carbons (Fsp3) is 0.208. The van der Waals surface area contributed by atoms with Gasteiger partial charge in [-0.2, -0.15) is 0 Å². The highest BCUT2D eigenvalue weighted by atomic mass is 35.5. The van der Waals surface area contributed by atoms with Gasteiger partial charge in [0.15, 0.2) is 0 Å². The smallest absolute Gasteiger partial charge is 0.119 e. The van der Waals surface area contributed by atoms with Crippen LogP contribution in [-0.4, -0.2) is 16.2 Å². The molecule has 3 nitrogen and oxygen atoms in total. The van der Waals surface area contributed by atoms with Crippen molar-refractivity contribution in [3.8, 4) is 5.75 Å². The van der Waals surface area contributed by atoms with E-state index in [2.05, 4.69) is 34.9 Å². The molecule has 0 aliphatic carbocycles. The number of aromatic nitrogens is 2. The maximum absolute atomic E-state index is 6.08. The van der Waals surface area contributed by atoms with Crippen molar-refractivity contribution in [2.45, 2.75) is 26.3 Å². The fourth-order valence-corrected chi connectivity index (χ4v) is 3.66. The molecule has 0 aliphatic heterocycles. The van der Waals surface area contributed by atoms with Gasteiger partial charge in [-0.1, -0.05) is 47.5 Å². The Morgan fingerprint density at radius 2 is 1.76 bits per heavy atom. The molecule has 5 heteroatoms. The van der Waals surface area contributed by atoms with E-state index in [9.17, 15) is 0 Å². The van der Waals surface area contributed by atoms with E-state index in [-0.39, 0.29) is 0 Å². The first kappa shape index (κ1) is 19.8. The van der Waals surface area contributed by atoms with Crippen molar-refractivity contribution >= 4 is 34.2 Å². The van der Waals surface area contributed by atoms with Gasteiger partial charge in [-0.05, 0) is 66.9 Å². The highest BCUT2D eigenvalue weighted by Gasteiger charge is 2.11. The Bertz CT molecular complexity index is 1120. The summed E-state index contributed by atoms with van der Waals surface area (Å²) in [5.74, 6) is 1.90. The second-order valence-electron chi connectivity index (χ2n) is 7.08. The number of aryl methyl sites for hydroxylation is 2. The normalized spacial score (nSPS) is 11.1. The van der Waals surface area contributed by atoms with E-state index in [4.69, 9.17) is 32.9 Å². The van der Waals surface area contributed by atoms with Crippen LogP contribution < -0.4 is 4.74 Å². The van der Waals surface area contributed by atoms with Gasteiger partial charge in [-0.25, -0.2) is 4.98 Å². The van der Waals surface area contributed by atoms with Crippen LogP contribution in [0.15, 0.2) is 66.7 Å². The predicted molar refractivity (Wildman–Crippen MR) is 120 cm³/mol. The Kier molecular flexibility index (Phi) is 6.08. The molecule has 0 bridgehead atoms. The highest BCUT2D eigenvalue weighted by Crippen LogP contribution is 2.22. The summed E-state index contributed by atoms with van der Waals surface area (Å²) in [4.78, 5) is 4.86. The van der Waals surface area contributed by atoms with E-state index in [0.717, 1.165) is 57.6 Å². The molecule has 0 spiro atoms. The van der Waals surface area contributed by atoms with E-state index in [1.807, 2.05) is 43.3 Å². The lowest BCUT2D eigenvalue weighted by molar-refractivity contribution is 0.301. The molecule has 0 aliphatic rings. The van der Waals surface area contributed by atoms with Gasteiger partial charge in [-0.15, -0.1) is 0 Å². The SMILES string of the molecule is Cc1cc(OCCCn2c(Cc3ccc(Cl)cc3)nc3ccccc32)ccc1Cl. The number of rotatable bonds is 7. The number of hydrogen-bond donors (Lipinski definition) is 0. The van der Waals surface area contributed by atoms with Crippen molar-refractivity contribution in [3.63, 3.8) is 0 Å². The van der Waals surface area contributed by atoms with Crippen LogP contribution in [0.4, 0.5) is 0 Å². The molecule has 1 heterocycles. The molecule has 0 saturated heterocycles. The molecule has 0 amide bonds. The maximum Gasteiger partial charge on any atom is 0.119 e. The van der Waals surface area contributed by atoms with Crippen LogP contribution in [0, 0.1) is 6.92 Å². The number of hydrogen-bond acceptors (Lipinski definition) is 2. The first-order valence-electron chi connectivity index (χ1n) is 9.68. The Morgan fingerprint density at radius 3 is 2.55 bits per heavy atom. The monoisotopic (exact) mass is 424 g/mol. The van der Waals surface area contributed by atoms with Gasteiger partial charge in [0.2, 0.25) is 0 Å². The van der Waals surface area contributed by atoms with Crippen molar-refractivity contribution in [2.75, 3.05) is 6.61 Å². The van der Waals surface area contributed by atoms with Crippen molar-refractivity contribution in [2.24, 2.45) is 0 Å². The van der Waals surface area contributed by atoms with Gasteiger partial charge in [0, 0.05) is 23.0 Å². The minimum Gasteiger partial charge on any atom is -0.494 e. The number of nitrogens with zero attached hydrogens (tertiary/aromatic N) is 2. The topological polar surface area (TPSA) is 27.1 Å². The van der Waals surface area contributed by atoms with Crippen LogP contribution in [0.1, 0.15) is 23.4 Å². The standard InChI is InChI=1S/C24H22Cl2N2O/c1-17-15-20(11-12-21(17)26)29-14-4-13-28-23-6-3-2-5-22(23)27-24(28)16-18-7-9-19(25)10-8-18/h2-3,5-12,15H,4,13-14,16H2,1H3. The molecule has 29 heavy (non-hydrogen) atoms. The number of halogens is 2. The highest BCUT2D eigenvalue weighted by molar-refractivity contribution is 6.31. The van der Waals surface area contributed by atoms with Crippen molar-refractivity contribution in [1.29, 1.82) is 0 Å². The van der Waals surface area contributed by atoms with Crippen molar-refractivity contribution in [3.05, 3.63) is 93.7 Å². The summed E-state index contributed by atoms with van der Waals surface area (Å²) in [7, 11) is 0. The second-order valence-corrected chi connectivity index (χ2v) is 7.93. The Labute approximate surface area is 180 Å². The number of para-hydroxylation sites is 2. The van der Waals surface area contributed by atoms with Crippen LogP contribution in [0.3, 0.4) is 0 Å². The zero-order valence-electron chi connectivity index (χ0n) is 16.2. The number of fused-ring (bicyclic) bond motifs is 1. The largest absolute Gasteiger partial charge is 0.494 e. The average Bonchev–Trinajstić information content (AvgIpc) is 3.07. The Morgan fingerprint density at radius 1 is 0.966 bits per heavy atom. The summed E-state index contributed by atoms with van der Waals surface area (Å²) in [6.45, 7) is 3.46. The summed E-state index contributed by atoms with van der Waals surface area (Å²) in [6, 6.07) is 22.0. The van der Waals surface area contributed by atoms with E-state index in [1.165, 1.54) is 5.56 Å². The van der Waals surface area contributed by atoms with Gasteiger partial charge >= 0.3 is 0 Å². The molecule has 4 rings (SSSR count). The first-order valence-corrected chi connectivity index (χ1v) is 10.4. The van der Waals surface area contributed by atoms with Gasteiger partial charge in [0.05, 0.1) is 17.6 Å². The van der Waals surface area contributed by atoms with E-state index >= 15 is 0 Å². The van der Waals surface area contributed by atoms with Gasteiger partial charge in [0.1, 0.15) is 11.6 Å². The molecular formula is C24H22Cl2N2O. The number of ether oxygens (including phenoxy) is 1. The lowest BCUT2D eigenvalue weighted by Gasteiger charge is -2.11. The van der Waals surface area contributed by atoms with Crippen molar-refractivity contribution in [1.82, 2.24) is 9.55 Å². The summed E-state index contributed by atoms with van der Waals surface area (Å²) >= 11 is 12.1. The molecule has 0 saturated carbocycles. The average molecular weight is 425 g/mol. The van der Waals surface area contributed by atoms with Gasteiger partial charge in [0.25, 0.3) is 0 Å². The van der Waals surface area contributed by atoms with Crippen LogP contribution >= 0.6 is 23.2 Å². The van der Waals surface area contributed by atoms with Crippen LogP contribution in [-0.2, 0) is 13.0 Å². The quantitative estimate of drug-likeness (QED) is 0.308. The fourth-order valence-electron chi connectivity index (χ4n) is 3.41. The molecular weight excluding hydrogens is 403 g/mol. The molecule has 0 fully saturated rings. The van der Waals surface area contributed by atoms with Gasteiger partial charge < -0.3 is 9.30 Å². The van der Waals surface area contributed by atoms with Crippen LogP contribution in [0.5, 0.6) is 5.75 Å². The maximum atomic E-state index is 6.08. The number of imidazole rings is 1. The molecule has 0 N–H and O–H groups in total. The summed E-state index contributed by atoms with van der Waals surface area (Å²) < 4.78 is 8.21. The molecule has 0 radical (unpaired) electrons. The van der Waals surface area contributed by atoms with Crippen LogP contribution in [0.2, 0.25) is 10.0 Å². The second kappa shape index (κ2) is 8.89. The van der Waals surface area contributed by atoms with Gasteiger partial charge in [-0.3, -0.25) is 0 Å². The summed E-state index contributed by atoms with van der Waals surface area (Å²) in [5, 5.41) is 1.51. The van der Waals surface area contributed by atoms with E-state index < -0.39 is 0 Å². The predicted octanol–water partition coefficient (Wildman–Crippen LogP) is 6.71. The van der Waals surface area contributed by atoms with Crippen LogP contribution in [0.25, 0.3) is 11.0 Å². The lowest BCUT2D eigenvalue weighted by atomic mass is 10.1. The minimum atomic E-state index is 0.633. The number of benzene rings is 3. The third-order valence-corrected chi connectivity index (χ3v) is 5.61.